The Kier molecular flexibility index (Phi) is 5.76. The number of carboxylic acids is 1. The first-order valence-electron chi connectivity index (χ1n) is 9.87. The number of carbonyl (C=O) groups is 3. The number of hydrogen-bond acceptors (Lipinski definition) is 5. The van der Waals surface area contributed by atoms with Crippen molar-refractivity contribution < 1.29 is 28.3 Å². The van der Waals surface area contributed by atoms with Crippen LogP contribution >= 0.6 is 0 Å². The molecule has 8 heteroatoms. The summed E-state index contributed by atoms with van der Waals surface area (Å²) in [5, 5.41) is 15.4. The Morgan fingerprint density at radius 1 is 0.969 bits per heavy atom. The Bertz CT molecular complexity index is 1270. The molecule has 2 amide bonds. The summed E-state index contributed by atoms with van der Waals surface area (Å²) in [5.74, 6) is -0.791. The fourth-order valence-corrected chi connectivity index (χ4v) is 3.27. The number of amides is 2. The van der Waals surface area contributed by atoms with Gasteiger partial charge in [-0.25, -0.2) is 4.79 Å². The van der Waals surface area contributed by atoms with E-state index in [0.717, 1.165) is 10.9 Å². The SMILES string of the molecule is Cc1oc(CNC(=O)Cc2ccc(NC(=O)c3cc4ccccc4o3)cc2)cc1C(=O)O. The molecule has 0 unspecified atom stereocenters. The summed E-state index contributed by atoms with van der Waals surface area (Å²) in [4.78, 5) is 35.7. The van der Waals surface area contributed by atoms with Crippen LogP contribution in [0.1, 0.15) is 38.0 Å². The van der Waals surface area contributed by atoms with E-state index in [-0.39, 0.29) is 36.1 Å². The van der Waals surface area contributed by atoms with E-state index in [2.05, 4.69) is 10.6 Å². The quantitative estimate of drug-likeness (QED) is 0.403. The van der Waals surface area contributed by atoms with Gasteiger partial charge in [0, 0.05) is 11.1 Å². The van der Waals surface area contributed by atoms with Crippen LogP contribution in [0, 0.1) is 6.92 Å². The predicted molar refractivity (Wildman–Crippen MR) is 117 cm³/mol. The molecule has 3 N–H and O–H groups in total. The number of benzene rings is 2. The summed E-state index contributed by atoms with van der Waals surface area (Å²) in [6.07, 6.45) is 0.128. The largest absolute Gasteiger partial charge is 0.478 e. The molecule has 162 valence electrons. The number of carboxylic acid groups (broad SMARTS) is 1. The second-order valence-electron chi connectivity index (χ2n) is 7.24. The van der Waals surface area contributed by atoms with Crippen molar-refractivity contribution in [3.05, 3.63) is 89.1 Å². The molecule has 32 heavy (non-hydrogen) atoms. The van der Waals surface area contributed by atoms with Gasteiger partial charge in [-0.2, -0.15) is 0 Å². The maximum absolute atomic E-state index is 12.4. The maximum atomic E-state index is 12.4. The normalized spacial score (nSPS) is 10.8. The lowest BCUT2D eigenvalue weighted by molar-refractivity contribution is -0.120. The summed E-state index contributed by atoms with van der Waals surface area (Å²) >= 11 is 0. The monoisotopic (exact) mass is 432 g/mol. The predicted octanol–water partition coefficient (Wildman–Crippen LogP) is 4.14. The van der Waals surface area contributed by atoms with E-state index in [0.29, 0.717) is 22.8 Å². The second kappa shape index (κ2) is 8.81. The highest BCUT2D eigenvalue weighted by molar-refractivity contribution is 6.04. The van der Waals surface area contributed by atoms with Crippen molar-refractivity contribution in [3.63, 3.8) is 0 Å². The molecule has 4 aromatic rings. The van der Waals surface area contributed by atoms with Gasteiger partial charge in [0.2, 0.25) is 5.91 Å². The van der Waals surface area contributed by atoms with Crippen LogP contribution in [0.15, 0.2) is 69.5 Å². The minimum atomic E-state index is -1.07. The summed E-state index contributed by atoms with van der Waals surface area (Å²) in [5.41, 5.74) is 2.05. The summed E-state index contributed by atoms with van der Waals surface area (Å²) in [6, 6.07) is 17.4. The van der Waals surface area contributed by atoms with Crippen LogP contribution in [-0.4, -0.2) is 22.9 Å². The number of aromatic carboxylic acids is 1. The lowest BCUT2D eigenvalue weighted by atomic mass is 10.1. The molecule has 2 aromatic heterocycles. The number of rotatable bonds is 7. The van der Waals surface area contributed by atoms with Crippen molar-refractivity contribution in [1.29, 1.82) is 0 Å². The Morgan fingerprint density at radius 3 is 2.41 bits per heavy atom. The second-order valence-corrected chi connectivity index (χ2v) is 7.24. The Morgan fingerprint density at radius 2 is 1.72 bits per heavy atom. The highest BCUT2D eigenvalue weighted by atomic mass is 16.4. The molecule has 0 fully saturated rings. The van der Waals surface area contributed by atoms with E-state index >= 15 is 0 Å². The third-order valence-corrected chi connectivity index (χ3v) is 4.88. The molecule has 0 bridgehead atoms. The van der Waals surface area contributed by atoms with Crippen LogP contribution in [0.25, 0.3) is 11.0 Å². The van der Waals surface area contributed by atoms with E-state index in [4.69, 9.17) is 13.9 Å². The molecule has 0 aliphatic carbocycles. The summed E-state index contributed by atoms with van der Waals surface area (Å²) in [7, 11) is 0. The molecule has 0 aliphatic heterocycles. The molecule has 2 aromatic carbocycles. The number of nitrogens with one attached hydrogen (secondary N) is 2. The van der Waals surface area contributed by atoms with Crippen molar-refractivity contribution in [2.24, 2.45) is 0 Å². The summed E-state index contributed by atoms with van der Waals surface area (Å²) in [6.45, 7) is 1.65. The zero-order valence-electron chi connectivity index (χ0n) is 17.2. The number of furan rings is 2. The van der Waals surface area contributed by atoms with E-state index in [9.17, 15) is 14.4 Å². The molecular formula is C24H20N2O6. The summed E-state index contributed by atoms with van der Waals surface area (Å²) < 4.78 is 10.9. The van der Waals surface area contributed by atoms with Crippen molar-refractivity contribution in [2.75, 3.05) is 5.32 Å². The fourth-order valence-electron chi connectivity index (χ4n) is 3.27. The minimum absolute atomic E-state index is 0.0783. The lowest BCUT2D eigenvalue weighted by Gasteiger charge is -2.06. The van der Waals surface area contributed by atoms with Crippen molar-refractivity contribution in [2.45, 2.75) is 19.9 Å². The van der Waals surface area contributed by atoms with Gasteiger partial charge in [0.15, 0.2) is 5.76 Å². The van der Waals surface area contributed by atoms with Crippen LogP contribution in [0.2, 0.25) is 0 Å². The first kappa shape index (κ1) is 20.9. The third-order valence-electron chi connectivity index (χ3n) is 4.88. The molecular weight excluding hydrogens is 412 g/mol. The highest BCUT2D eigenvalue weighted by Gasteiger charge is 2.15. The van der Waals surface area contributed by atoms with E-state index in [1.807, 2.05) is 18.2 Å². The van der Waals surface area contributed by atoms with Gasteiger partial charge in [0.05, 0.1) is 13.0 Å². The van der Waals surface area contributed by atoms with E-state index in [1.54, 1.807) is 43.3 Å². The molecule has 0 radical (unpaired) electrons. The Hall–Kier alpha value is -4.33. The van der Waals surface area contributed by atoms with Crippen LogP contribution in [0.5, 0.6) is 0 Å². The average molecular weight is 432 g/mol. The standard InChI is InChI=1S/C24H20N2O6/c1-14-19(24(29)30)12-18(31-14)13-25-22(27)10-15-6-8-17(9-7-15)26-23(28)21-11-16-4-2-3-5-20(16)32-21/h2-9,11-12H,10,13H2,1H3,(H,25,27)(H,26,28)(H,29,30). The van der Waals surface area contributed by atoms with Crippen molar-refractivity contribution in [1.82, 2.24) is 5.32 Å². The first-order chi connectivity index (χ1) is 15.4. The molecule has 0 saturated carbocycles. The van der Waals surface area contributed by atoms with E-state index in [1.165, 1.54) is 6.07 Å². The maximum Gasteiger partial charge on any atom is 0.339 e. The fraction of sp³-hybridized carbons (Fsp3) is 0.125. The topological polar surface area (TPSA) is 122 Å². The Balaban J connectivity index is 1.31. The lowest BCUT2D eigenvalue weighted by Crippen LogP contribution is -2.24. The molecule has 4 rings (SSSR count). The van der Waals surface area contributed by atoms with Gasteiger partial charge < -0.3 is 24.6 Å². The number of anilines is 1. The first-order valence-corrected chi connectivity index (χ1v) is 9.87. The zero-order chi connectivity index (χ0) is 22.7. The molecule has 0 saturated heterocycles. The molecule has 8 nitrogen and oxygen atoms in total. The van der Waals surface area contributed by atoms with Gasteiger partial charge >= 0.3 is 5.97 Å². The number of aryl methyl sites for hydroxylation is 1. The molecule has 0 atom stereocenters. The van der Waals surface area contributed by atoms with Gasteiger partial charge in [0.1, 0.15) is 22.7 Å². The molecule has 0 spiro atoms. The van der Waals surface area contributed by atoms with Gasteiger partial charge in [-0.1, -0.05) is 30.3 Å². The van der Waals surface area contributed by atoms with Gasteiger partial charge in [-0.3, -0.25) is 9.59 Å². The molecule has 0 aliphatic rings. The van der Waals surface area contributed by atoms with E-state index < -0.39 is 5.97 Å². The van der Waals surface area contributed by atoms with Gasteiger partial charge in [0.25, 0.3) is 5.91 Å². The van der Waals surface area contributed by atoms with Crippen LogP contribution in [0.4, 0.5) is 5.69 Å². The van der Waals surface area contributed by atoms with Gasteiger partial charge in [-0.05, 0) is 42.8 Å². The number of carbonyl (C=O) groups excluding carboxylic acids is 2. The van der Waals surface area contributed by atoms with Crippen LogP contribution in [-0.2, 0) is 17.8 Å². The highest BCUT2D eigenvalue weighted by Crippen LogP contribution is 2.20. The van der Waals surface area contributed by atoms with Crippen LogP contribution < -0.4 is 10.6 Å². The Labute approximate surface area is 182 Å². The number of para-hydroxylation sites is 1. The molecule has 2 heterocycles. The van der Waals surface area contributed by atoms with Crippen LogP contribution in [0.3, 0.4) is 0 Å². The van der Waals surface area contributed by atoms with Gasteiger partial charge in [-0.15, -0.1) is 0 Å². The number of hydrogen-bond donors (Lipinski definition) is 3. The average Bonchev–Trinajstić information content (AvgIpc) is 3.37. The zero-order valence-corrected chi connectivity index (χ0v) is 17.2. The van der Waals surface area contributed by atoms with Crippen molar-refractivity contribution in [3.8, 4) is 0 Å². The third kappa shape index (κ3) is 4.70. The minimum Gasteiger partial charge on any atom is -0.478 e. The smallest absolute Gasteiger partial charge is 0.339 e. The number of fused-ring (bicyclic) bond motifs is 1. The van der Waals surface area contributed by atoms with Crippen molar-refractivity contribution >= 4 is 34.4 Å².